The van der Waals surface area contributed by atoms with Crippen LogP contribution in [0.2, 0.25) is 0 Å². The molecule has 1 heterocycles. The number of fused-ring (bicyclic) bond motifs is 1. The summed E-state index contributed by atoms with van der Waals surface area (Å²) in [5, 5.41) is 9.66. The second kappa shape index (κ2) is 4.62. The van der Waals surface area contributed by atoms with Gasteiger partial charge in [-0.05, 0) is 30.5 Å². The van der Waals surface area contributed by atoms with Crippen LogP contribution >= 0.6 is 0 Å². The fraction of sp³-hybridized carbons (Fsp3) is 0.500. The number of hydrogen-bond donors (Lipinski definition) is 2. The molecular weight excluding hydrogens is 252 g/mol. The molecule has 1 aliphatic carbocycles. The summed E-state index contributed by atoms with van der Waals surface area (Å²) in [6.07, 6.45) is 3.45. The lowest BCUT2D eigenvalue weighted by Crippen LogP contribution is -2.32. The summed E-state index contributed by atoms with van der Waals surface area (Å²) in [5.41, 5.74) is 2.07. The van der Waals surface area contributed by atoms with Gasteiger partial charge in [-0.15, -0.1) is 0 Å². The van der Waals surface area contributed by atoms with Crippen molar-refractivity contribution in [1.29, 1.82) is 0 Å². The van der Waals surface area contributed by atoms with Gasteiger partial charge in [0.25, 0.3) is 0 Å². The first-order valence-corrected chi connectivity index (χ1v) is 7.26. The van der Waals surface area contributed by atoms with E-state index in [1.807, 2.05) is 18.2 Å². The van der Waals surface area contributed by atoms with E-state index in [2.05, 4.69) is 23.8 Å². The molecule has 2 N–H and O–H groups in total. The molecule has 3 rings (SSSR count). The van der Waals surface area contributed by atoms with Crippen LogP contribution in [0, 0.1) is 0 Å². The molecule has 4 nitrogen and oxygen atoms in total. The molecule has 20 heavy (non-hydrogen) atoms. The number of imidazole rings is 1. The number of aromatic nitrogens is 2. The minimum atomic E-state index is -0.697. The fourth-order valence-corrected chi connectivity index (χ4v) is 3.21. The van der Waals surface area contributed by atoms with Gasteiger partial charge in [0.2, 0.25) is 0 Å². The number of carbonyl (C=O) groups is 1. The zero-order valence-electron chi connectivity index (χ0n) is 11.9. The minimum absolute atomic E-state index is 0.339. The Labute approximate surface area is 118 Å². The van der Waals surface area contributed by atoms with Crippen LogP contribution in [0.15, 0.2) is 18.2 Å². The predicted octanol–water partition coefficient (Wildman–Crippen LogP) is 3.58. The highest BCUT2D eigenvalue weighted by Gasteiger charge is 2.43. The number of rotatable bonds is 3. The Morgan fingerprint density at radius 2 is 2.05 bits per heavy atom. The Kier molecular flexibility index (Phi) is 3.04. The van der Waals surface area contributed by atoms with Crippen molar-refractivity contribution in [3.05, 3.63) is 29.6 Å². The van der Waals surface area contributed by atoms with Crippen LogP contribution in [-0.2, 0) is 10.2 Å². The van der Waals surface area contributed by atoms with Crippen LogP contribution in [0.5, 0.6) is 0 Å². The van der Waals surface area contributed by atoms with E-state index in [1.165, 1.54) is 0 Å². The first-order chi connectivity index (χ1) is 9.53. The van der Waals surface area contributed by atoms with Crippen molar-refractivity contribution >= 4 is 17.0 Å². The third kappa shape index (κ3) is 1.90. The Morgan fingerprint density at radius 3 is 2.65 bits per heavy atom. The summed E-state index contributed by atoms with van der Waals surface area (Å²) >= 11 is 0. The van der Waals surface area contributed by atoms with Crippen LogP contribution < -0.4 is 0 Å². The summed E-state index contributed by atoms with van der Waals surface area (Å²) in [5.74, 6) is 0.594. The maximum atomic E-state index is 11.7. The second-order valence-corrected chi connectivity index (χ2v) is 6.10. The van der Waals surface area contributed by atoms with Gasteiger partial charge in [-0.25, -0.2) is 4.98 Å². The molecule has 1 saturated carbocycles. The molecule has 1 aromatic carbocycles. The number of carboxylic acids is 1. The Morgan fingerprint density at radius 1 is 1.35 bits per heavy atom. The van der Waals surface area contributed by atoms with Crippen LogP contribution in [-0.4, -0.2) is 21.0 Å². The largest absolute Gasteiger partial charge is 0.481 e. The molecule has 0 spiro atoms. The van der Waals surface area contributed by atoms with Gasteiger partial charge >= 0.3 is 5.97 Å². The van der Waals surface area contributed by atoms with Gasteiger partial charge in [0.15, 0.2) is 0 Å². The maximum Gasteiger partial charge on any atom is 0.314 e. The van der Waals surface area contributed by atoms with Crippen molar-refractivity contribution in [2.45, 2.75) is 50.9 Å². The summed E-state index contributed by atoms with van der Waals surface area (Å²) in [4.78, 5) is 19.6. The van der Waals surface area contributed by atoms with Gasteiger partial charge in [-0.2, -0.15) is 0 Å². The molecule has 0 atom stereocenters. The quantitative estimate of drug-likeness (QED) is 0.897. The van der Waals surface area contributed by atoms with E-state index in [0.29, 0.717) is 5.92 Å². The number of aromatic amines is 1. The van der Waals surface area contributed by atoms with Gasteiger partial charge in [0.05, 0.1) is 16.4 Å². The molecule has 106 valence electrons. The van der Waals surface area contributed by atoms with E-state index in [1.54, 1.807) is 0 Å². The molecule has 1 aromatic heterocycles. The molecule has 0 radical (unpaired) electrons. The van der Waals surface area contributed by atoms with Gasteiger partial charge in [0, 0.05) is 5.92 Å². The van der Waals surface area contributed by atoms with E-state index >= 15 is 0 Å². The maximum absolute atomic E-state index is 11.7. The van der Waals surface area contributed by atoms with Gasteiger partial charge in [-0.1, -0.05) is 32.8 Å². The van der Waals surface area contributed by atoms with Crippen LogP contribution in [0.25, 0.3) is 11.0 Å². The normalized spacial score (nSPS) is 17.9. The lowest BCUT2D eigenvalue weighted by atomic mass is 9.79. The Bertz CT molecular complexity index is 652. The molecule has 0 amide bonds. The summed E-state index contributed by atoms with van der Waals surface area (Å²) < 4.78 is 0. The number of aliphatic carboxylic acids is 1. The number of benzene rings is 1. The van der Waals surface area contributed by atoms with Crippen LogP contribution in [0.4, 0.5) is 0 Å². The average Bonchev–Trinajstić information content (AvgIpc) is 3.05. The molecule has 0 aliphatic heterocycles. The monoisotopic (exact) mass is 272 g/mol. The SMILES string of the molecule is CC(C)c1nc2ccc(C3(C(=O)O)CCCC3)cc2[nH]1. The van der Waals surface area contributed by atoms with E-state index in [0.717, 1.165) is 48.1 Å². The predicted molar refractivity (Wildman–Crippen MR) is 78.0 cm³/mol. The van der Waals surface area contributed by atoms with Crippen molar-refractivity contribution < 1.29 is 9.90 Å². The highest BCUT2D eigenvalue weighted by molar-refractivity contribution is 5.85. The number of carboxylic acid groups (broad SMARTS) is 1. The van der Waals surface area contributed by atoms with Crippen LogP contribution in [0.3, 0.4) is 0 Å². The lowest BCUT2D eigenvalue weighted by molar-refractivity contribution is -0.143. The molecule has 1 fully saturated rings. The third-order valence-electron chi connectivity index (χ3n) is 4.47. The first kappa shape index (κ1) is 13.2. The number of H-pyrrole nitrogens is 1. The minimum Gasteiger partial charge on any atom is -0.481 e. The Balaban J connectivity index is 2.10. The van der Waals surface area contributed by atoms with Gasteiger partial charge in [0.1, 0.15) is 5.82 Å². The topological polar surface area (TPSA) is 66.0 Å². The highest BCUT2D eigenvalue weighted by Crippen LogP contribution is 2.42. The molecule has 0 saturated heterocycles. The van der Waals surface area contributed by atoms with Gasteiger partial charge in [-0.3, -0.25) is 4.79 Å². The van der Waals surface area contributed by atoms with Crippen molar-refractivity contribution in [3.63, 3.8) is 0 Å². The number of hydrogen-bond acceptors (Lipinski definition) is 2. The highest BCUT2D eigenvalue weighted by atomic mass is 16.4. The fourth-order valence-electron chi connectivity index (χ4n) is 3.21. The zero-order valence-corrected chi connectivity index (χ0v) is 11.9. The molecule has 1 aliphatic rings. The smallest absolute Gasteiger partial charge is 0.314 e. The molecule has 0 unspecified atom stereocenters. The second-order valence-electron chi connectivity index (χ2n) is 6.10. The van der Waals surface area contributed by atoms with Crippen molar-refractivity contribution in [2.24, 2.45) is 0 Å². The summed E-state index contributed by atoms with van der Waals surface area (Å²) in [6, 6.07) is 5.86. The number of nitrogens with one attached hydrogen (secondary N) is 1. The standard InChI is InChI=1S/C16H20N2O2/c1-10(2)14-17-12-6-5-11(9-13(12)18-14)16(15(19)20)7-3-4-8-16/h5-6,9-10H,3-4,7-8H2,1-2H3,(H,17,18)(H,19,20). The van der Waals surface area contributed by atoms with E-state index < -0.39 is 11.4 Å². The molecule has 0 bridgehead atoms. The van der Waals surface area contributed by atoms with Crippen LogP contribution in [0.1, 0.15) is 56.8 Å². The average molecular weight is 272 g/mol. The lowest BCUT2D eigenvalue weighted by Gasteiger charge is -2.24. The van der Waals surface area contributed by atoms with E-state index in [4.69, 9.17) is 0 Å². The summed E-state index contributed by atoms with van der Waals surface area (Å²) in [7, 11) is 0. The van der Waals surface area contributed by atoms with E-state index in [-0.39, 0.29) is 0 Å². The van der Waals surface area contributed by atoms with Crippen molar-refractivity contribution in [3.8, 4) is 0 Å². The Hall–Kier alpha value is -1.84. The summed E-state index contributed by atoms with van der Waals surface area (Å²) in [6.45, 7) is 4.18. The van der Waals surface area contributed by atoms with E-state index in [9.17, 15) is 9.90 Å². The molecular formula is C16H20N2O2. The van der Waals surface area contributed by atoms with Crippen molar-refractivity contribution in [2.75, 3.05) is 0 Å². The van der Waals surface area contributed by atoms with Crippen molar-refractivity contribution in [1.82, 2.24) is 9.97 Å². The number of nitrogens with zero attached hydrogens (tertiary/aromatic N) is 1. The third-order valence-corrected chi connectivity index (χ3v) is 4.47. The molecule has 4 heteroatoms. The first-order valence-electron chi connectivity index (χ1n) is 7.26. The van der Waals surface area contributed by atoms with Gasteiger partial charge < -0.3 is 10.1 Å². The zero-order chi connectivity index (χ0) is 14.3. The molecule has 2 aromatic rings.